The van der Waals surface area contributed by atoms with Crippen LogP contribution in [-0.2, 0) is 14.5 Å². The van der Waals surface area contributed by atoms with Crippen LogP contribution < -0.4 is 10.5 Å². The van der Waals surface area contributed by atoms with Crippen LogP contribution in [0.2, 0.25) is 5.02 Å². The van der Waals surface area contributed by atoms with Gasteiger partial charge in [0, 0.05) is 5.69 Å². The van der Waals surface area contributed by atoms with E-state index >= 15 is 0 Å². The molecular weight excluding hydrogens is 361 g/mol. The summed E-state index contributed by atoms with van der Waals surface area (Å²) in [7, 11) is 2.91. The first-order valence-corrected chi connectivity index (χ1v) is 7.73. The molecule has 26 heavy (non-hydrogen) atoms. The third-order valence-electron chi connectivity index (χ3n) is 3.29. The summed E-state index contributed by atoms with van der Waals surface area (Å²) in [6, 6.07) is 12.4. The number of halogens is 2. The number of anilines is 2. The number of hydrogen-bond donors (Lipinski definition) is 1. The first kappa shape index (κ1) is 19.4. The molecule has 0 radical (unpaired) electrons. The number of nitriles is 1. The minimum absolute atomic E-state index is 0.117. The molecule has 8 heteroatoms. The standard InChI is InChI=1S/C18H15ClFN3O3/c1-25-23(26-2)15-6-3-12(4-7-15)9-13(11-21)18(24)22-14-5-8-17(20)16(19)10-14/h3-10H,1-2H3,(H,22,24). The maximum Gasteiger partial charge on any atom is 0.266 e. The largest absolute Gasteiger partial charge is 0.321 e. The summed E-state index contributed by atoms with van der Waals surface area (Å²) in [6.45, 7) is 0. The van der Waals surface area contributed by atoms with Gasteiger partial charge >= 0.3 is 0 Å². The van der Waals surface area contributed by atoms with E-state index < -0.39 is 11.7 Å². The van der Waals surface area contributed by atoms with Crippen molar-refractivity contribution in [1.29, 1.82) is 5.26 Å². The molecule has 0 aromatic heterocycles. The van der Waals surface area contributed by atoms with Gasteiger partial charge in [-0.05, 0) is 42.0 Å². The van der Waals surface area contributed by atoms with Crippen LogP contribution in [-0.4, -0.2) is 20.1 Å². The normalized spacial score (nSPS) is 11.0. The van der Waals surface area contributed by atoms with Gasteiger partial charge in [-0.15, -0.1) is 5.23 Å². The zero-order valence-electron chi connectivity index (χ0n) is 14.0. The second-order valence-electron chi connectivity index (χ2n) is 4.97. The molecule has 0 atom stereocenters. The number of rotatable bonds is 6. The average Bonchev–Trinajstić information content (AvgIpc) is 2.64. The molecule has 0 unspecified atom stereocenters. The molecule has 0 bridgehead atoms. The van der Waals surface area contributed by atoms with E-state index in [9.17, 15) is 14.4 Å². The zero-order valence-corrected chi connectivity index (χ0v) is 14.7. The molecule has 0 fully saturated rings. The van der Waals surface area contributed by atoms with Crippen LogP contribution in [0.25, 0.3) is 6.08 Å². The lowest BCUT2D eigenvalue weighted by Gasteiger charge is -2.17. The highest BCUT2D eigenvalue weighted by Crippen LogP contribution is 2.21. The smallest absolute Gasteiger partial charge is 0.266 e. The van der Waals surface area contributed by atoms with Crippen LogP contribution in [0.3, 0.4) is 0 Å². The second kappa shape index (κ2) is 8.97. The Balaban J connectivity index is 2.17. The number of amides is 1. The summed E-state index contributed by atoms with van der Waals surface area (Å²) < 4.78 is 13.2. The Kier molecular flexibility index (Phi) is 6.69. The number of hydrogen-bond acceptors (Lipinski definition) is 5. The molecule has 2 aromatic rings. The van der Waals surface area contributed by atoms with Gasteiger partial charge in [0.25, 0.3) is 5.91 Å². The van der Waals surface area contributed by atoms with Crippen molar-refractivity contribution in [2.75, 3.05) is 24.8 Å². The molecular formula is C18H15ClFN3O3. The molecule has 0 spiro atoms. The van der Waals surface area contributed by atoms with Crippen molar-refractivity contribution in [2.24, 2.45) is 0 Å². The summed E-state index contributed by atoms with van der Waals surface area (Å²) in [5, 5.41) is 12.8. The Morgan fingerprint density at radius 2 is 1.88 bits per heavy atom. The highest BCUT2D eigenvalue weighted by Gasteiger charge is 2.11. The fourth-order valence-electron chi connectivity index (χ4n) is 2.07. The van der Waals surface area contributed by atoms with E-state index in [-0.39, 0.29) is 16.3 Å². The maximum atomic E-state index is 13.2. The minimum atomic E-state index is -0.630. The van der Waals surface area contributed by atoms with Gasteiger partial charge in [0.15, 0.2) is 0 Å². The fourth-order valence-corrected chi connectivity index (χ4v) is 2.25. The van der Waals surface area contributed by atoms with Crippen molar-refractivity contribution in [2.45, 2.75) is 0 Å². The van der Waals surface area contributed by atoms with Gasteiger partial charge in [-0.2, -0.15) is 5.26 Å². The molecule has 0 aliphatic carbocycles. The van der Waals surface area contributed by atoms with Crippen LogP contribution in [0.1, 0.15) is 5.56 Å². The Bertz CT molecular complexity index is 859. The number of carbonyl (C=O) groups excluding carboxylic acids is 1. The molecule has 6 nitrogen and oxygen atoms in total. The summed E-state index contributed by atoms with van der Waals surface area (Å²) in [5.41, 5.74) is 1.43. The van der Waals surface area contributed by atoms with Crippen LogP contribution >= 0.6 is 11.6 Å². The topological polar surface area (TPSA) is 74.6 Å². The van der Waals surface area contributed by atoms with E-state index in [0.717, 1.165) is 6.07 Å². The van der Waals surface area contributed by atoms with E-state index in [0.29, 0.717) is 11.3 Å². The molecule has 0 aliphatic rings. The van der Waals surface area contributed by atoms with E-state index in [1.54, 1.807) is 24.3 Å². The number of benzene rings is 2. The van der Waals surface area contributed by atoms with Crippen molar-refractivity contribution < 1.29 is 18.9 Å². The predicted molar refractivity (Wildman–Crippen MR) is 96.6 cm³/mol. The third-order valence-corrected chi connectivity index (χ3v) is 3.58. The Hall–Kier alpha value is -2.92. The zero-order chi connectivity index (χ0) is 19.1. The lowest BCUT2D eigenvalue weighted by Crippen LogP contribution is -2.19. The first-order valence-electron chi connectivity index (χ1n) is 7.35. The molecule has 134 valence electrons. The van der Waals surface area contributed by atoms with Gasteiger partial charge in [0.05, 0.1) is 24.9 Å². The van der Waals surface area contributed by atoms with Crippen molar-refractivity contribution in [3.05, 3.63) is 64.4 Å². The lowest BCUT2D eigenvalue weighted by molar-refractivity contribution is -0.112. The van der Waals surface area contributed by atoms with Gasteiger partial charge < -0.3 is 5.32 Å². The molecule has 2 rings (SSSR count). The van der Waals surface area contributed by atoms with Crippen LogP contribution in [0.15, 0.2) is 48.0 Å². The number of nitrogens with one attached hydrogen (secondary N) is 1. The molecule has 2 aromatic carbocycles. The molecule has 0 saturated carbocycles. The quantitative estimate of drug-likeness (QED) is 0.470. The van der Waals surface area contributed by atoms with Crippen molar-refractivity contribution in [3.8, 4) is 6.07 Å². The monoisotopic (exact) mass is 375 g/mol. The Morgan fingerprint density at radius 3 is 2.42 bits per heavy atom. The van der Waals surface area contributed by atoms with Gasteiger partial charge in [-0.3, -0.25) is 14.5 Å². The molecule has 0 heterocycles. The van der Waals surface area contributed by atoms with Gasteiger partial charge in [0.2, 0.25) is 0 Å². The van der Waals surface area contributed by atoms with Crippen LogP contribution in [0, 0.1) is 17.1 Å². The molecule has 0 saturated heterocycles. The third kappa shape index (κ3) is 4.80. The minimum Gasteiger partial charge on any atom is -0.321 e. The van der Waals surface area contributed by atoms with Crippen molar-refractivity contribution >= 4 is 35.0 Å². The van der Waals surface area contributed by atoms with E-state index in [4.69, 9.17) is 21.3 Å². The fraction of sp³-hybridized carbons (Fsp3) is 0.111. The Labute approximate surface area is 154 Å². The maximum absolute atomic E-state index is 13.2. The summed E-state index contributed by atoms with van der Waals surface area (Å²) in [6.07, 6.45) is 1.42. The van der Waals surface area contributed by atoms with E-state index in [2.05, 4.69) is 5.32 Å². The average molecular weight is 376 g/mol. The van der Waals surface area contributed by atoms with Crippen molar-refractivity contribution in [1.82, 2.24) is 0 Å². The lowest BCUT2D eigenvalue weighted by atomic mass is 10.1. The first-order chi connectivity index (χ1) is 12.5. The van der Waals surface area contributed by atoms with Crippen molar-refractivity contribution in [3.63, 3.8) is 0 Å². The van der Waals surface area contributed by atoms with E-state index in [1.807, 2.05) is 6.07 Å². The predicted octanol–water partition coefficient (Wildman–Crippen LogP) is 3.95. The second-order valence-corrected chi connectivity index (χ2v) is 5.37. The van der Waals surface area contributed by atoms with Gasteiger partial charge in [-0.1, -0.05) is 23.7 Å². The van der Waals surface area contributed by atoms with Crippen LogP contribution in [0.4, 0.5) is 15.8 Å². The summed E-state index contributed by atoms with van der Waals surface area (Å²) in [4.78, 5) is 22.2. The summed E-state index contributed by atoms with van der Waals surface area (Å²) >= 11 is 5.67. The Morgan fingerprint density at radius 1 is 1.23 bits per heavy atom. The summed E-state index contributed by atoms with van der Waals surface area (Å²) in [5.74, 6) is -1.23. The molecule has 1 N–H and O–H groups in total. The highest BCUT2D eigenvalue weighted by atomic mass is 35.5. The highest BCUT2D eigenvalue weighted by molar-refractivity contribution is 6.31. The number of nitrogens with zero attached hydrogens (tertiary/aromatic N) is 2. The SMILES string of the molecule is CON(OC)c1ccc(C=C(C#N)C(=O)Nc2ccc(F)c(Cl)c2)cc1. The van der Waals surface area contributed by atoms with Gasteiger partial charge in [-0.25, -0.2) is 4.39 Å². The number of carbonyl (C=O) groups is 1. The molecule has 0 aliphatic heterocycles. The van der Waals surface area contributed by atoms with Gasteiger partial charge in [0.1, 0.15) is 17.5 Å². The van der Waals surface area contributed by atoms with E-state index in [1.165, 1.54) is 37.7 Å². The molecule has 1 amide bonds. The van der Waals surface area contributed by atoms with Crippen LogP contribution in [0.5, 0.6) is 0 Å².